The molecule has 4 aromatic rings. The summed E-state index contributed by atoms with van der Waals surface area (Å²) in [5, 5.41) is 18.1. The molecule has 1 aromatic heterocycles. The van der Waals surface area contributed by atoms with E-state index in [-0.39, 0.29) is 17.5 Å². The third kappa shape index (κ3) is 3.24. The second-order valence-electron chi connectivity index (χ2n) is 8.21. The van der Waals surface area contributed by atoms with E-state index in [1.54, 1.807) is 23.1 Å². The average molecular weight is 427 g/mol. The summed E-state index contributed by atoms with van der Waals surface area (Å²) >= 11 is 0. The molecule has 1 atom stereocenters. The van der Waals surface area contributed by atoms with E-state index >= 15 is 0 Å². The molecule has 0 saturated carbocycles. The molecular formula is C26H22FN3O2. The number of aromatic nitrogens is 2. The van der Waals surface area contributed by atoms with Gasteiger partial charge >= 0.3 is 0 Å². The van der Waals surface area contributed by atoms with Crippen molar-refractivity contribution in [3.8, 4) is 17.0 Å². The summed E-state index contributed by atoms with van der Waals surface area (Å²) in [7, 11) is 0. The third-order valence-electron chi connectivity index (χ3n) is 5.94. The molecule has 5 nitrogen and oxygen atoms in total. The van der Waals surface area contributed by atoms with Crippen LogP contribution in [0, 0.1) is 19.7 Å². The number of hydrogen-bond acceptors (Lipinski definition) is 3. The third-order valence-corrected chi connectivity index (χ3v) is 5.94. The molecule has 1 aliphatic rings. The summed E-state index contributed by atoms with van der Waals surface area (Å²) in [6.45, 7) is 4.17. The van der Waals surface area contributed by atoms with Crippen LogP contribution < -0.4 is 0 Å². The molecule has 1 unspecified atom stereocenters. The fraction of sp³-hybridized carbons (Fsp3) is 0.154. The van der Waals surface area contributed by atoms with Crippen LogP contribution in [-0.4, -0.2) is 26.1 Å². The molecule has 1 amide bonds. The van der Waals surface area contributed by atoms with Gasteiger partial charge in [-0.1, -0.05) is 48.5 Å². The zero-order valence-electron chi connectivity index (χ0n) is 17.8. The highest BCUT2D eigenvalue weighted by molar-refractivity contribution is 6.00. The molecule has 0 spiro atoms. The lowest BCUT2D eigenvalue weighted by molar-refractivity contribution is 0.0730. The minimum Gasteiger partial charge on any atom is -0.507 e. The van der Waals surface area contributed by atoms with E-state index in [1.807, 2.05) is 50.2 Å². The molecule has 0 bridgehead atoms. The van der Waals surface area contributed by atoms with Crippen LogP contribution in [0.2, 0.25) is 0 Å². The van der Waals surface area contributed by atoms with E-state index in [1.165, 1.54) is 12.1 Å². The Morgan fingerprint density at radius 3 is 2.47 bits per heavy atom. The summed E-state index contributed by atoms with van der Waals surface area (Å²) in [6.07, 6.45) is 0. The number of hydrogen-bond donors (Lipinski definition) is 2. The number of fused-ring (bicyclic) bond motifs is 1. The maximum atomic E-state index is 13.4. The Morgan fingerprint density at radius 1 is 1.06 bits per heavy atom. The minimum absolute atomic E-state index is 0.132. The molecule has 0 saturated heterocycles. The Balaban J connectivity index is 1.67. The molecule has 6 heteroatoms. The fourth-order valence-electron chi connectivity index (χ4n) is 4.57. The molecule has 160 valence electrons. The molecule has 32 heavy (non-hydrogen) atoms. The number of benzene rings is 3. The number of rotatable bonds is 4. The first-order valence-corrected chi connectivity index (χ1v) is 10.4. The Labute approximate surface area is 185 Å². The fourth-order valence-corrected chi connectivity index (χ4v) is 4.57. The first-order valence-electron chi connectivity index (χ1n) is 10.4. The van der Waals surface area contributed by atoms with Gasteiger partial charge in [0.1, 0.15) is 23.0 Å². The summed E-state index contributed by atoms with van der Waals surface area (Å²) in [6, 6.07) is 19.2. The molecule has 3 aromatic carbocycles. The molecule has 0 fully saturated rings. The summed E-state index contributed by atoms with van der Waals surface area (Å²) < 4.78 is 13.4. The summed E-state index contributed by atoms with van der Waals surface area (Å²) in [5.41, 5.74) is 5.94. The number of H-pyrrole nitrogens is 1. The van der Waals surface area contributed by atoms with E-state index in [0.717, 1.165) is 27.8 Å². The van der Waals surface area contributed by atoms with Gasteiger partial charge in [-0.3, -0.25) is 9.89 Å². The number of amides is 1. The highest BCUT2D eigenvalue weighted by atomic mass is 19.1. The maximum absolute atomic E-state index is 13.4. The SMILES string of the molecule is Cc1cc(C)c(-c2n[nH]c3c2C(c2ccccc2)N(Cc2ccc(F)cc2)C3=O)c(O)c1. The van der Waals surface area contributed by atoms with E-state index < -0.39 is 6.04 Å². The number of phenols is 1. The number of aromatic hydroxyl groups is 1. The van der Waals surface area contributed by atoms with Gasteiger partial charge in [-0.2, -0.15) is 5.10 Å². The number of aryl methyl sites for hydroxylation is 2. The van der Waals surface area contributed by atoms with E-state index in [2.05, 4.69) is 10.2 Å². The highest BCUT2D eigenvalue weighted by Gasteiger charge is 2.42. The topological polar surface area (TPSA) is 69.2 Å². The van der Waals surface area contributed by atoms with Crippen molar-refractivity contribution in [3.63, 3.8) is 0 Å². The zero-order valence-corrected chi connectivity index (χ0v) is 17.8. The van der Waals surface area contributed by atoms with Gasteiger partial charge in [0.25, 0.3) is 5.91 Å². The average Bonchev–Trinajstić information content (AvgIpc) is 3.29. The molecule has 2 N–H and O–H groups in total. The van der Waals surface area contributed by atoms with Crippen LogP contribution in [0.15, 0.2) is 66.7 Å². The van der Waals surface area contributed by atoms with Crippen molar-refractivity contribution in [3.05, 3.63) is 106 Å². The van der Waals surface area contributed by atoms with Crippen LogP contribution in [0.25, 0.3) is 11.3 Å². The Hall–Kier alpha value is -3.93. The van der Waals surface area contributed by atoms with Gasteiger partial charge in [0.2, 0.25) is 0 Å². The second-order valence-corrected chi connectivity index (χ2v) is 8.21. The second kappa shape index (κ2) is 7.64. The monoisotopic (exact) mass is 427 g/mol. The summed E-state index contributed by atoms with van der Waals surface area (Å²) in [4.78, 5) is 15.2. The van der Waals surface area contributed by atoms with Crippen LogP contribution in [0.4, 0.5) is 4.39 Å². The van der Waals surface area contributed by atoms with E-state index in [4.69, 9.17) is 0 Å². The van der Waals surface area contributed by atoms with Crippen LogP contribution >= 0.6 is 0 Å². The number of carbonyl (C=O) groups excluding carboxylic acids is 1. The van der Waals surface area contributed by atoms with Crippen molar-refractivity contribution >= 4 is 5.91 Å². The van der Waals surface area contributed by atoms with Crippen molar-refractivity contribution in [2.24, 2.45) is 0 Å². The van der Waals surface area contributed by atoms with Gasteiger partial charge in [-0.15, -0.1) is 0 Å². The highest BCUT2D eigenvalue weighted by Crippen LogP contribution is 2.46. The number of halogens is 1. The first kappa shape index (κ1) is 20.0. The lowest BCUT2D eigenvalue weighted by atomic mass is 9.93. The van der Waals surface area contributed by atoms with Gasteiger partial charge in [-0.05, 0) is 54.3 Å². The number of carbonyl (C=O) groups is 1. The zero-order chi connectivity index (χ0) is 22.4. The van der Waals surface area contributed by atoms with Crippen LogP contribution in [-0.2, 0) is 6.54 Å². The predicted molar refractivity (Wildman–Crippen MR) is 120 cm³/mol. The van der Waals surface area contributed by atoms with Crippen molar-refractivity contribution in [1.29, 1.82) is 0 Å². The Bertz CT molecular complexity index is 1290. The molecule has 2 heterocycles. The van der Waals surface area contributed by atoms with Crippen LogP contribution in [0.5, 0.6) is 5.75 Å². The number of nitrogens with one attached hydrogen (secondary N) is 1. The minimum atomic E-state index is -0.391. The molecular weight excluding hydrogens is 405 g/mol. The van der Waals surface area contributed by atoms with Gasteiger partial charge in [0, 0.05) is 17.7 Å². The van der Waals surface area contributed by atoms with Gasteiger partial charge in [0.05, 0.1) is 6.04 Å². The lowest BCUT2D eigenvalue weighted by Gasteiger charge is -2.26. The van der Waals surface area contributed by atoms with Gasteiger partial charge in [-0.25, -0.2) is 4.39 Å². The maximum Gasteiger partial charge on any atom is 0.273 e. The Morgan fingerprint density at radius 2 is 1.78 bits per heavy atom. The quantitative estimate of drug-likeness (QED) is 0.465. The van der Waals surface area contributed by atoms with Crippen LogP contribution in [0.3, 0.4) is 0 Å². The molecule has 1 aliphatic heterocycles. The lowest BCUT2D eigenvalue weighted by Crippen LogP contribution is -2.29. The number of nitrogens with zero attached hydrogens (tertiary/aromatic N) is 2. The number of phenolic OH excluding ortho intramolecular Hbond substituents is 1. The van der Waals surface area contributed by atoms with E-state index in [9.17, 15) is 14.3 Å². The van der Waals surface area contributed by atoms with Gasteiger partial charge in [0.15, 0.2) is 0 Å². The van der Waals surface area contributed by atoms with Crippen molar-refractivity contribution < 1.29 is 14.3 Å². The van der Waals surface area contributed by atoms with Crippen molar-refractivity contribution in [1.82, 2.24) is 15.1 Å². The van der Waals surface area contributed by atoms with Crippen LogP contribution in [0.1, 0.15) is 44.3 Å². The number of aromatic amines is 1. The smallest absolute Gasteiger partial charge is 0.273 e. The normalized spacial score (nSPS) is 15.3. The standard InChI is InChI=1S/C26H22FN3O2/c1-15-12-16(2)21(20(31)13-15)23-22-24(29-28-23)26(32)30(14-17-8-10-19(27)11-9-17)25(22)18-6-4-3-5-7-18/h3-13,25,31H,14H2,1-2H3,(H,28,29). The Kier molecular flexibility index (Phi) is 4.78. The largest absolute Gasteiger partial charge is 0.507 e. The molecule has 5 rings (SSSR count). The van der Waals surface area contributed by atoms with E-state index in [0.29, 0.717) is 23.5 Å². The summed E-state index contributed by atoms with van der Waals surface area (Å²) in [5.74, 6) is -0.364. The first-order chi connectivity index (χ1) is 15.4. The van der Waals surface area contributed by atoms with Crippen molar-refractivity contribution in [2.45, 2.75) is 26.4 Å². The molecule has 0 aliphatic carbocycles. The molecule has 0 radical (unpaired) electrons. The van der Waals surface area contributed by atoms with Gasteiger partial charge < -0.3 is 10.0 Å². The predicted octanol–water partition coefficient (Wildman–Crippen LogP) is 5.28. The van der Waals surface area contributed by atoms with Crippen molar-refractivity contribution in [2.75, 3.05) is 0 Å².